The Labute approximate surface area is 72.1 Å². The standard InChI is InChI=1S/C9H13N3/c10-9(11)6-7-12-8-4-2-1-3-5-8/h1-5,12H,6-7H2,(H3,10,11)/p+1. The van der Waals surface area contributed by atoms with Crippen LogP contribution in [0.3, 0.4) is 0 Å². The largest absolute Gasteiger partial charge is 0.384 e. The summed E-state index contributed by atoms with van der Waals surface area (Å²) in [4.78, 5) is 0. The maximum Gasteiger partial charge on any atom is 0.240 e. The van der Waals surface area contributed by atoms with Crippen LogP contribution >= 0.6 is 0 Å². The highest BCUT2D eigenvalue weighted by Gasteiger charge is 1.94. The minimum atomic E-state index is 0.471. The molecule has 0 aromatic heterocycles. The molecule has 0 saturated carbocycles. The molecule has 3 nitrogen and oxygen atoms in total. The molecule has 0 fully saturated rings. The molecule has 3 heteroatoms. The van der Waals surface area contributed by atoms with Crippen molar-refractivity contribution in [3.8, 4) is 0 Å². The lowest BCUT2D eigenvalue weighted by Gasteiger charge is -2.02. The maximum absolute atomic E-state index is 5.31. The van der Waals surface area contributed by atoms with Crippen molar-refractivity contribution in [2.24, 2.45) is 5.73 Å². The van der Waals surface area contributed by atoms with Gasteiger partial charge in [-0.25, -0.2) is 0 Å². The highest BCUT2D eigenvalue weighted by molar-refractivity contribution is 5.74. The first kappa shape index (κ1) is 8.59. The SMILES string of the molecule is NC(=[NH2+])CCNc1ccccc1. The molecule has 0 aliphatic rings. The molecule has 0 bridgehead atoms. The molecule has 64 valence electrons. The number of para-hydroxylation sites is 1. The van der Waals surface area contributed by atoms with Crippen molar-refractivity contribution >= 4 is 11.5 Å². The van der Waals surface area contributed by atoms with E-state index in [1.807, 2.05) is 30.3 Å². The molecule has 0 saturated heterocycles. The molecular formula is C9H14N3+. The van der Waals surface area contributed by atoms with Crippen molar-refractivity contribution < 1.29 is 5.41 Å². The zero-order valence-corrected chi connectivity index (χ0v) is 6.96. The minimum Gasteiger partial charge on any atom is -0.384 e. The number of hydrogen-bond acceptors (Lipinski definition) is 1. The second kappa shape index (κ2) is 4.38. The van der Waals surface area contributed by atoms with Crippen molar-refractivity contribution in [1.82, 2.24) is 0 Å². The van der Waals surface area contributed by atoms with Crippen LogP contribution in [0.25, 0.3) is 0 Å². The van der Waals surface area contributed by atoms with Gasteiger partial charge < -0.3 is 5.32 Å². The summed E-state index contributed by atoms with van der Waals surface area (Å²) >= 11 is 0. The zero-order chi connectivity index (χ0) is 8.81. The topological polar surface area (TPSA) is 63.6 Å². The highest BCUT2D eigenvalue weighted by atomic mass is 14.9. The second-order valence-corrected chi connectivity index (χ2v) is 2.62. The Morgan fingerprint density at radius 1 is 1.33 bits per heavy atom. The Morgan fingerprint density at radius 2 is 2.00 bits per heavy atom. The minimum absolute atomic E-state index is 0.471. The summed E-state index contributed by atoms with van der Waals surface area (Å²) in [6.45, 7) is 0.784. The molecule has 0 spiro atoms. The average molecular weight is 164 g/mol. The monoisotopic (exact) mass is 164 g/mol. The molecule has 0 aliphatic heterocycles. The quantitative estimate of drug-likeness (QED) is 0.419. The van der Waals surface area contributed by atoms with E-state index in [0.29, 0.717) is 12.3 Å². The third-order valence-corrected chi connectivity index (χ3v) is 1.52. The Bertz CT molecular complexity index is 243. The number of benzene rings is 1. The van der Waals surface area contributed by atoms with Gasteiger partial charge in [0, 0.05) is 12.2 Å². The molecule has 0 atom stereocenters. The van der Waals surface area contributed by atoms with E-state index in [1.165, 1.54) is 0 Å². The molecule has 0 amide bonds. The van der Waals surface area contributed by atoms with E-state index in [2.05, 4.69) is 5.32 Å². The first-order chi connectivity index (χ1) is 5.79. The van der Waals surface area contributed by atoms with Gasteiger partial charge in [-0.15, -0.1) is 0 Å². The summed E-state index contributed by atoms with van der Waals surface area (Å²) in [5, 5.41) is 8.51. The molecule has 0 radical (unpaired) electrons. The van der Waals surface area contributed by atoms with Crippen LogP contribution in [-0.2, 0) is 0 Å². The number of hydrogen-bond donors (Lipinski definition) is 3. The lowest BCUT2D eigenvalue weighted by Crippen LogP contribution is -2.46. The third-order valence-electron chi connectivity index (χ3n) is 1.52. The van der Waals surface area contributed by atoms with E-state index < -0.39 is 0 Å². The Morgan fingerprint density at radius 3 is 2.58 bits per heavy atom. The van der Waals surface area contributed by atoms with Gasteiger partial charge in [0.15, 0.2) is 0 Å². The predicted molar refractivity (Wildman–Crippen MR) is 50.7 cm³/mol. The summed E-state index contributed by atoms with van der Waals surface area (Å²) in [5.74, 6) is 0.471. The molecular weight excluding hydrogens is 150 g/mol. The first-order valence-corrected chi connectivity index (χ1v) is 3.95. The molecule has 5 N–H and O–H groups in total. The molecule has 12 heavy (non-hydrogen) atoms. The normalized spacial score (nSPS) is 9.33. The van der Waals surface area contributed by atoms with Crippen LogP contribution in [0.5, 0.6) is 0 Å². The third kappa shape index (κ3) is 3.05. The molecule has 0 unspecified atom stereocenters. The van der Waals surface area contributed by atoms with E-state index in [1.54, 1.807) is 0 Å². The summed E-state index contributed by atoms with van der Waals surface area (Å²) in [5.41, 5.74) is 6.41. The molecule has 1 aromatic rings. The van der Waals surface area contributed by atoms with Crippen molar-refractivity contribution in [3.05, 3.63) is 30.3 Å². The van der Waals surface area contributed by atoms with Gasteiger partial charge in [-0.05, 0) is 12.1 Å². The molecule has 0 aliphatic carbocycles. The van der Waals surface area contributed by atoms with Gasteiger partial charge in [-0.2, -0.15) is 0 Å². The fourth-order valence-electron chi connectivity index (χ4n) is 0.907. The summed E-state index contributed by atoms with van der Waals surface area (Å²) in [6, 6.07) is 9.96. The Kier molecular flexibility index (Phi) is 3.14. The van der Waals surface area contributed by atoms with E-state index in [0.717, 1.165) is 12.2 Å². The Hall–Kier alpha value is -1.51. The summed E-state index contributed by atoms with van der Waals surface area (Å²) < 4.78 is 0. The van der Waals surface area contributed by atoms with Crippen LogP contribution in [0, 0.1) is 0 Å². The van der Waals surface area contributed by atoms with Gasteiger partial charge >= 0.3 is 0 Å². The lowest BCUT2D eigenvalue weighted by atomic mass is 10.3. The van der Waals surface area contributed by atoms with Crippen LogP contribution in [-0.4, -0.2) is 12.4 Å². The van der Waals surface area contributed by atoms with Gasteiger partial charge in [-0.1, -0.05) is 18.2 Å². The van der Waals surface area contributed by atoms with Crippen molar-refractivity contribution in [1.29, 1.82) is 0 Å². The van der Waals surface area contributed by atoms with E-state index in [-0.39, 0.29) is 0 Å². The van der Waals surface area contributed by atoms with Gasteiger partial charge in [0.05, 0.1) is 6.42 Å². The fraction of sp³-hybridized carbons (Fsp3) is 0.222. The van der Waals surface area contributed by atoms with Gasteiger partial charge in [0.1, 0.15) is 0 Å². The number of anilines is 1. The first-order valence-electron chi connectivity index (χ1n) is 3.95. The highest BCUT2D eigenvalue weighted by Crippen LogP contribution is 2.03. The predicted octanol–water partition coefficient (Wildman–Crippen LogP) is -0.395. The average Bonchev–Trinajstić information content (AvgIpc) is 2.05. The van der Waals surface area contributed by atoms with Crippen molar-refractivity contribution in [2.75, 3.05) is 11.9 Å². The molecule has 1 rings (SSSR count). The van der Waals surface area contributed by atoms with Crippen LogP contribution < -0.4 is 16.5 Å². The number of amidine groups is 1. The molecule has 1 aromatic carbocycles. The number of nitrogens with one attached hydrogen (secondary N) is 1. The van der Waals surface area contributed by atoms with Crippen molar-refractivity contribution in [2.45, 2.75) is 6.42 Å². The smallest absolute Gasteiger partial charge is 0.240 e. The zero-order valence-electron chi connectivity index (χ0n) is 6.96. The van der Waals surface area contributed by atoms with E-state index >= 15 is 0 Å². The van der Waals surface area contributed by atoms with Crippen LogP contribution in [0.1, 0.15) is 6.42 Å². The summed E-state index contributed by atoms with van der Waals surface area (Å²) in [6.07, 6.45) is 0.703. The van der Waals surface area contributed by atoms with E-state index in [9.17, 15) is 0 Å². The Balaban J connectivity index is 2.29. The van der Waals surface area contributed by atoms with Gasteiger partial charge in [0.25, 0.3) is 0 Å². The second-order valence-electron chi connectivity index (χ2n) is 2.62. The number of nitrogens with two attached hydrogens (primary N) is 2. The van der Waals surface area contributed by atoms with Crippen LogP contribution in [0.2, 0.25) is 0 Å². The van der Waals surface area contributed by atoms with E-state index in [4.69, 9.17) is 11.1 Å². The van der Waals surface area contributed by atoms with Crippen molar-refractivity contribution in [3.63, 3.8) is 0 Å². The van der Waals surface area contributed by atoms with Crippen LogP contribution in [0.15, 0.2) is 30.3 Å². The van der Waals surface area contributed by atoms with Gasteiger partial charge in [-0.3, -0.25) is 11.1 Å². The fourth-order valence-corrected chi connectivity index (χ4v) is 0.907. The van der Waals surface area contributed by atoms with Crippen LogP contribution in [0.4, 0.5) is 5.69 Å². The molecule has 0 heterocycles. The maximum atomic E-state index is 5.31. The number of rotatable bonds is 4. The summed E-state index contributed by atoms with van der Waals surface area (Å²) in [7, 11) is 0. The lowest BCUT2D eigenvalue weighted by molar-refractivity contribution is -0.117. The van der Waals surface area contributed by atoms with Gasteiger partial charge in [0.2, 0.25) is 5.84 Å².